The first-order valence-electron chi connectivity index (χ1n) is 9.49. The van der Waals surface area contributed by atoms with Crippen molar-refractivity contribution in [2.24, 2.45) is 0 Å². The van der Waals surface area contributed by atoms with Gasteiger partial charge in [0.1, 0.15) is 24.0 Å². The predicted molar refractivity (Wildman–Crippen MR) is 99.4 cm³/mol. The van der Waals surface area contributed by atoms with Crippen LogP contribution in [0.15, 0.2) is 42.6 Å². The van der Waals surface area contributed by atoms with Gasteiger partial charge < -0.3 is 28.7 Å². The first-order valence-corrected chi connectivity index (χ1v) is 9.49. The second-order valence-corrected chi connectivity index (χ2v) is 7.35. The molecule has 4 rings (SSSR count). The summed E-state index contributed by atoms with van der Waals surface area (Å²) in [7, 11) is 0. The van der Waals surface area contributed by atoms with Gasteiger partial charge >= 0.3 is 5.97 Å². The minimum atomic E-state index is -0.733. The van der Waals surface area contributed by atoms with E-state index in [-0.39, 0.29) is 12.2 Å². The molecular formula is C21H25NO6. The molecule has 2 aromatic rings. The van der Waals surface area contributed by atoms with Crippen LogP contribution in [0, 0.1) is 0 Å². The third kappa shape index (κ3) is 3.84. The highest BCUT2D eigenvalue weighted by Crippen LogP contribution is 2.45. The lowest BCUT2D eigenvalue weighted by atomic mass is 10.0. The van der Waals surface area contributed by atoms with Crippen LogP contribution in [0.4, 0.5) is 0 Å². The molecule has 2 aliphatic heterocycles. The summed E-state index contributed by atoms with van der Waals surface area (Å²) >= 11 is 0. The maximum absolute atomic E-state index is 12.0. The zero-order valence-corrected chi connectivity index (χ0v) is 16.2. The summed E-state index contributed by atoms with van der Waals surface area (Å²) in [6.45, 7) is 6.22. The number of hydrogen-bond acceptors (Lipinski definition) is 6. The molecule has 1 aromatic carbocycles. The Balaban J connectivity index is 1.54. The summed E-state index contributed by atoms with van der Waals surface area (Å²) in [5.74, 6) is -1.13. The molecular weight excluding hydrogens is 362 g/mol. The largest absolute Gasteiger partial charge is 0.461 e. The molecule has 2 saturated heterocycles. The lowest BCUT2D eigenvalue weighted by Gasteiger charge is -2.25. The number of benzene rings is 1. The topological polar surface area (TPSA) is 79.0 Å². The standard InChI is InChI=1S/C21H25NO6/c1-4-24-19(23)15-10-14(11-22-15)16-17(25-12-13-8-6-5-7-9-13)18-20(26-16)28-21(2,3)27-18/h5-11,16-18,20,22H,4,12H2,1-3H3/t16-,17+,18-,20-/m1/s1. The molecule has 0 spiro atoms. The molecule has 2 aliphatic rings. The zero-order chi connectivity index (χ0) is 19.7. The Morgan fingerprint density at radius 1 is 1.21 bits per heavy atom. The van der Waals surface area contributed by atoms with Crippen LogP contribution in [0.5, 0.6) is 0 Å². The summed E-state index contributed by atoms with van der Waals surface area (Å²) in [6.07, 6.45) is 0.0561. The number of ether oxygens (including phenoxy) is 5. The van der Waals surface area contributed by atoms with Crippen LogP contribution >= 0.6 is 0 Å². The van der Waals surface area contributed by atoms with Gasteiger partial charge in [-0.1, -0.05) is 30.3 Å². The van der Waals surface area contributed by atoms with E-state index in [9.17, 15) is 4.79 Å². The minimum Gasteiger partial charge on any atom is -0.461 e. The molecule has 3 heterocycles. The fraction of sp³-hybridized carbons (Fsp3) is 0.476. The van der Waals surface area contributed by atoms with Gasteiger partial charge in [0, 0.05) is 11.8 Å². The number of fused-ring (bicyclic) bond motifs is 1. The van der Waals surface area contributed by atoms with Crippen molar-refractivity contribution in [1.29, 1.82) is 0 Å². The number of hydrogen-bond donors (Lipinski definition) is 1. The van der Waals surface area contributed by atoms with Crippen molar-refractivity contribution >= 4 is 5.97 Å². The third-order valence-electron chi connectivity index (χ3n) is 4.81. The monoisotopic (exact) mass is 387 g/mol. The number of aromatic amines is 1. The van der Waals surface area contributed by atoms with Crippen LogP contribution in [0.1, 0.15) is 48.5 Å². The van der Waals surface area contributed by atoms with E-state index < -0.39 is 24.2 Å². The predicted octanol–water partition coefficient (Wildman–Crippen LogP) is 3.33. The molecule has 0 aliphatic carbocycles. The number of aromatic nitrogens is 1. The van der Waals surface area contributed by atoms with Crippen LogP contribution in [0.2, 0.25) is 0 Å². The number of nitrogens with one attached hydrogen (secondary N) is 1. The average Bonchev–Trinajstić information content (AvgIpc) is 3.33. The first kappa shape index (κ1) is 19.1. The summed E-state index contributed by atoms with van der Waals surface area (Å²) < 4.78 is 29.3. The third-order valence-corrected chi connectivity index (χ3v) is 4.81. The van der Waals surface area contributed by atoms with Gasteiger partial charge in [-0.05, 0) is 32.4 Å². The Hall–Kier alpha value is -2.19. The van der Waals surface area contributed by atoms with Crippen LogP contribution in [-0.4, -0.2) is 41.8 Å². The molecule has 28 heavy (non-hydrogen) atoms. The number of carbonyl (C=O) groups excluding carboxylic acids is 1. The van der Waals surface area contributed by atoms with E-state index in [2.05, 4.69) is 4.98 Å². The van der Waals surface area contributed by atoms with Gasteiger partial charge in [-0.25, -0.2) is 4.79 Å². The van der Waals surface area contributed by atoms with Crippen molar-refractivity contribution in [3.63, 3.8) is 0 Å². The first-order chi connectivity index (χ1) is 13.5. The highest BCUT2D eigenvalue weighted by atomic mass is 16.8. The van der Waals surface area contributed by atoms with Crippen molar-refractivity contribution in [2.75, 3.05) is 6.61 Å². The van der Waals surface area contributed by atoms with Crippen molar-refractivity contribution in [3.05, 3.63) is 59.4 Å². The van der Waals surface area contributed by atoms with E-state index in [1.54, 1.807) is 19.2 Å². The smallest absolute Gasteiger partial charge is 0.354 e. The molecule has 150 valence electrons. The quantitative estimate of drug-likeness (QED) is 0.766. The van der Waals surface area contributed by atoms with Crippen molar-refractivity contribution in [2.45, 2.75) is 57.8 Å². The molecule has 1 aromatic heterocycles. The zero-order valence-electron chi connectivity index (χ0n) is 16.2. The molecule has 0 amide bonds. The maximum Gasteiger partial charge on any atom is 0.354 e. The Kier molecular flexibility index (Phi) is 5.25. The molecule has 2 fully saturated rings. The molecule has 7 heteroatoms. The van der Waals surface area contributed by atoms with Crippen LogP contribution in [0.3, 0.4) is 0 Å². The number of H-pyrrole nitrogens is 1. The van der Waals surface area contributed by atoms with Gasteiger partial charge in [-0.15, -0.1) is 0 Å². The second kappa shape index (κ2) is 7.67. The molecule has 0 saturated carbocycles. The fourth-order valence-corrected chi connectivity index (χ4v) is 3.60. The van der Waals surface area contributed by atoms with Crippen molar-refractivity contribution < 1.29 is 28.5 Å². The van der Waals surface area contributed by atoms with Crippen molar-refractivity contribution in [3.8, 4) is 0 Å². The van der Waals surface area contributed by atoms with Crippen LogP contribution in [0.25, 0.3) is 0 Å². The maximum atomic E-state index is 12.0. The molecule has 0 unspecified atom stereocenters. The number of rotatable bonds is 6. The van der Waals surface area contributed by atoms with E-state index in [0.29, 0.717) is 18.9 Å². The van der Waals surface area contributed by atoms with Gasteiger partial charge in [0.05, 0.1) is 13.2 Å². The highest BCUT2D eigenvalue weighted by molar-refractivity contribution is 5.87. The Morgan fingerprint density at radius 3 is 2.75 bits per heavy atom. The lowest BCUT2D eigenvalue weighted by molar-refractivity contribution is -0.220. The highest BCUT2D eigenvalue weighted by Gasteiger charge is 2.56. The van der Waals surface area contributed by atoms with Crippen molar-refractivity contribution in [1.82, 2.24) is 4.98 Å². The van der Waals surface area contributed by atoms with Gasteiger partial charge in [-0.2, -0.15) is 0 Å². The van der Waals surface area contributed by atoms with Gasteiger partial charge in [0.25, 0.3) is 0 Å². The van der Waals surface area contributed by atoms with Crippen LogP contribution < -0.4 is 0 Å². The Bertz CT molecular complexity index is 817. The Labute approximate surface area is 163 Å². The van der Waals surface area contributed by atoms with Gasteiger partial charge in [-0.3, -0.25) is 0 Å². The van der Waals surface area contributed by atoms with E-state index in [1.165, 1.54) is 0 Å². The minimum absolute atomic E-state index is 0.316. The number of esters is 1. The molecule has 0 bridgehead atoms. The molecule has 4 atom stereocenters. The van der Waals surface area contributed by atoms with E-state index in [4.69, 9.17) is 23.7 Å². The summed E-state index contributed by atoms with van der Waals surface area (Å²) in [6, 6.07) is 11.7. The second-order valence-electron chi connectivity index (χ2n) is 7.35. The SMILES string of the molecule is CCOC(=O)c1cc([C@H]2O[C@@H]3OC(C)(C)O[C@@H]3[C@H]2OCc2ccccc2)c[nH]1. The number of carbonyl (C=O) groups is 1. The summed E-state index contributed by atoms with van der Waals surface area (Å²) in [4.78, 5) is 14.9. The summed E-state index contributed by atoms with van der Waals surface area (Å²) in [5.41, 5.74) is 2.23. The van der Waals surface area contributed by atoms with Crippen LogP contribution in [-0.2, 0) is 30.3 Å². The average molecular weight is 387 g/mol. The fourth-order valence-electron chi connectivity index (χ4n) is 3.60. The van der Waals surface area contributed by atoms with Gasteiger partial charge in [0.2, 0.25) is 0 Å². The molecule has 1 N–H and O–H groups in total. The van der Waals surface area contributed by atoms with E-state index >= 15 is 0 Å². The van der Waals surface area contributed by atoms with Gasteiger partial charge in [0.15, 0.2) is 12.1 Å². The normalized spacial score (nSPS) is 28.2. The Morgan fingerprint density at radius 2 is 2.00 bits per heavy atom. The van der Waals surface area contributed by atoms with E-state index in [1.807, 2.05) is 44.2 Å². The molecule has 7 nitrogen and oxygen atoms in total. The summed E-state index contributed by atoms with van der Waals surface area (Å²) in [5, 5.41) is 0. The van der Waals surface area contributed by atoms with E-state index in [0.717, 1.165) is 11.1 Å². The molecule has 0 radical (unpaired) electrons. The lowest BCUT2D eigenvalue weighted by Crippen LogP contribution is -2.33.